The number of ether oxygens (including phenoxy) is 1. The minimum atomic E-state index is -0.0920. The normalized spacial score (nSPS) is 11.1. The van der Waals surface area contributed by atoms with Crippen molar-refractivity contribution in [3.05, 3.63) is 70.4 Å². The molecule has 0 spiro atoms. The SMILES string of the molecule is CNOc1ccc2c(-c3ccc(OC)cc3C)c3ccc(=O)cc-3oc2c1. The van der Waals surface area contributed by atoms with Crippen molar-refractivity contribution in [3.63, 3.8) is 0 Å². The summed E-state index contributed by atoms with van der Waals surface area (Å²) in [6, 6.07) is 16.5. The standard InChI is InChI=1S/C22H19NO4/c1-13-10-15(25-3)5-8-17(13)22-18-7-4-14(24)11-20(18)26-21-12-16(27-23-2)6-9-19(21)22/h4-12,23H,1-3H3. The van der Waals surface area contributed by atoms with E-state index in [2.05, 4.69) is 5.48 Å². The van der Waals surface area contributed by atoms with Crippen molar-refractivity contribution in [3.8, 4) is 33.9 Å². The molecule has 0 saturated heterocycles. The molecule has 1 aliphatic heterocycles. The molecular weight excluding hydrogens is 342 g/mol. The van der Waals surface area contributed by atoms with Crippen LogP contribution >= 0.6 is 0 Å². The van der Waals surface area contributed by atoms with Crippen molar-refractivity contribution in [1.82, 2.24) is 5.48 Å². The minimum Gasteiger partial charge on any atom is -0.497 e. The van der Waals surface area contributed by atoms with Gasteiger partial charge in [0.25, 0.3) is 0 Å². The summed E-state index contributed by atoms with van der Waals surface area (Å²) in [4.78, 5) is 17.2. The Balaban J connectivity index is 2.08. The zero-order chi connectivity index (χ0) is 19.0. The predicted molar refractivity (Wildman–Crippen MR) is 106 cm³/mol. The molecule has 0 aromatic heterocycles. The van der Waals surface area contributed by atoms with Gasteiger partial charge in [-0.2, -0.15) is 5.48 Å². The lowest BCUT2D eigenvalue weighted by Gasteiger charge is -2.17. The fourth-order valence-electron chi connectivity index (χ4n) is 3.37. The highest BCUT2D eigenvalue weighted by Crippen LogP contribution is 2.42. The van der Waals surface area contributed by atoms with E-state index in [1.54, 1.807) is 20.2 Å². The molecule has 5 nitrogen and oxygen atoms in total. The summed E-state index contributed by atoms with van der Waals surface area (Å²) in [5, 5.41) is 0.942. The number of hydrogen-bond donors (Lipinski definition) is 1. The van der Waals surface area contributed by atoms with Gasteiger partial charge in [-0.15, -0.1) is 0 Å². The molecule has 1 N–H and O–H groups in total. The van der Waals surface area contributed by atoms with Crippen molar-refractivity contribution in [2.24, 2.45) is 0 Å². The molecule has 1 heterocycles. The lowest BCUT2D eigenvalue weighted by Crippen LogP contribution is -2.10. The smallest absolute Gasteiger partial charge is 0.182 e. The topological polar surface area (TPSA) is 60.7 Å². The number of hydrogen-bond acceptors (Lipinski definition) is 5. The van der Waals surface area contributed by atoms with E-state index >= 15 is 0 Å². The van der Waals surface area contributed by atoms with E-state index in [1.165, 1.54) is 6.07 Å². The van der Waals surface area contributed by atoms with E-state index in [9.17, 15) is 4.79 Å². The summed E-state index contributed by atoms with van der Waals surface area (Å²) in [5.41, 5.74) is 7.24. The Morgan fingerprint density at radius 3 is 2.44 bits per heavy atom. The summed E-state index contributed by atoms with van der Waals surface area (Å²) in [6.07, 6.45) is 0. The van der Waals surface area contributed by atoms with E-state index in [1.807, 2.05) is 49.4 Å². The molecule has 0 atom stereocenters. The van der Waals surface area contributed by atoms with E-state index < -0.39 is 0 Å². The molecule has 0 saturated carbocycles. The number of fused-ring (bicyclic) bond motifs is 2. The quantitative estimate of drug-likeness (QED) is 0.431. The first-order valence-electron chi connectivity index (χ1n) is 8.60. The summed E-state index contributed by atoms with van der Waals surface area (Å²) in [7, 11) is 3.34. The third-order valence-corrected chi connectivity index (χ3v) is 4.59. The Labute approximate surface area is 156 Å². The van der Waals surface area contributed by atoms with Crippen LogP contribution in [0.3, 0.4) is 0 Å². The lowest BCUT2D eigenvalue weighted by atomic mass is 9.91. The summed E-state index contributed by atoms with van der Waals surface area (Å²) >= 11 is 0. The average molecular weight is 361 g/mol. The molecule has 4 rings (SSSR count). The number of aryl methyl sites for hydroxylation is 1. The van der Waals surface area contributed by atoms with Gasteiger partial charge < -0.3 is 14.0 Å². The van der Waals surface area contributed by atoms with Crippen LogP contribution in [-0.4, -0.2) is 14.2 Å². The second kappa shape index (κ2) is 6.78. The second-order valence-corrected chi connectivity index (χ2v) is 6.28. The molecule has 2 aliphatic rings. The van der Waals surface area contributed by atoms with Crippen LogP contribution in [0.25, 0.3) is 33.4 Å². The second-order valence-electron chi connectivity index (χ2n) is 6.28. The van der Waals surface area contributed by atoms with Crippen LogP contribution in [0.15, 0.2) is 63.8 Å². The molecule has 5 heteroatoms. The third-order valence-electron chi connectivity index (χ3n) is 4.59. The van der Waals surface area contributed by atoms with Crippen molar-refractivity contribution >= 4 is 11.0 Å². The van der Waals surface area contributed by atoms with E-state index in [0.29, 0.717) is 17.1 Å². The first-order valence-corrected chi connectivity index (χ1v) is 8.60. The summed E-state index contributed by atoms with van der Waals surface area (Å²) < 4.78 is 11.4. The maximum Gasteiger partial charge on any atom is 0.182 e. The van der Waals surface area contributed by atoms with Gasteiger partial charge in [-0.3, -0.25) is 4.79 Å². The van der Waals surface area contributed by atoms with Gasteiger partial charge >= 0.3 is 0 Å². The Morgan fingerprint density at radius 1 is 0.926 bits per heavy atom. The molecule has 136 valence electrons. The predicted octanol–water partition coefficient (Wildman–Crippen LogP) is 4.40. The number of methoxy groups -OCH3 is 1. The summed E-state index contributed by atoms with van der Waals surface area (Å²) in [5.74, 6) is 1.97. The fraction of sp³-hybridized carbons (Fsp3) is 0.136. The molecular formula is C22H19NO4. The van der Waals surface area contributed by atoms with Gasteiger partial charge in [0.1, 0.15) is 17.1 Å². The molecule has 0 fully saturated rings. The maximum absolute atomic E-state index is 11.9. The molecule has 1 aliphatic carbocycles. The number of benzene rings is 3. The summed E-state index contributed by atoms with van der Waals surface area (Å²) in [6.45, 7) is 2.04. The molecule has 0 bridgehead atoms. The van der Waals surface area contributed by atoms with Crippen LogP contribution in [0.5, 0.6) is 11.5 Å². The Hall–Kier alpha value is -3.31. The molecule has 27 heavy (non-hydrogen) atoms. The van der Waals surface area contributed by atoms with Gasteiger partial charge in [0.2, 0.25) is 0 Å². The number of hydroxylamine groups is 1. The number of nitrogens with one attached hydrogen (secondary N) is 1. The zero-order valence-corrected chi connectivity index (χ0v) is 15.3. The highest BCUT2D eigenvalue weighted by Gasteiger charge is 2.19. The Bertz CT molecular complexity index is 1160. The highest BCUT2D eigenvalue weighted by molar-refractivity contribution is 6.02. The van der Waals surface area contributed by atoms with Crippen molar-refractivity contribution in [2.45, 2.75) is 6.92 Å². The first-order chi connectivity index (χ1) is 13.1. The van der Waals surface area contributed by atoms with Crippen LogP contribution < -0.4 is 20.5 Å². The monoisotopic (exact) mass is 361 g/mol. The van der Waals surface area contributed by atoms with Gasteiger partial charge in [-0.25, -0.2) is 0 Å². The molecule has 0 amide bonds. The zero-order valence-electron chi connectivity index (χ0n) is 15.3. The van der Waals surface area contributed by atoms with Crippen LogP contribution in [0.1, 0.15) is 5.56 Å². The fourth-order valence-corrected chi connectivity index (χ4v) is 3.37. The molecule has 0 unspecified atom stereocenters. The van der Waals surface area contributed by atoms with Gasteiger partial charge in [0.05, 0.1) is 7.11 Å². The van der Waals surface area contributed by atoms with Crippen LogP contribution in [-0.2, 0) is 0 Å². The van der Waals surface area contributed by atoms with Crippen LogP contribution in [0, 0.1) is 6.92 Å². The van der Waals surface area contributed by atoms with Gasteiger partial charge in [0.15, 0.2) is 11.2 Å². The minimum absolute atomic E-state index is 0.0920. The molecule has 2 aromatic rings. The lowest BCUT2D eigenvalue weighted by molar-refractivity contribution is 0.224. The molecule has 2 aromatic carbocycles. The largest absolute Gasteiger partial charge is 0.497 e. The first kappa shape index (κ1) is 17.1. The van der Waals surface area contributed by atoms with Crippen LogP contribution in [0.4, 0.5) is 0 Å². The Kier molecular flexibility index (Phi) is 4.30. The average Bonchev–Trinajstić information content (AvgIpc) is 2.66. The van der Waals surface area contributed by atoms with Crippen molar-refractivity contribution in [1.29, 1.82) is 0 Å². The van der Waals surface area contributed by atoms with Gasteiger partial charge in [0, 0.05) is 35.7 Å². The van der Waals surface area contributed by atoms with Gasteiger partial charge in [-0.05, 0) is 54.4 Å². The molecule has 0 radical (unpaired) electrons. The van der Waals surface area contributed by atoms with E-state index in [0.717, 1.165) is 33.4 Å². The van der Waals surface area contributed by atoms with Crippen molar-refractivity contribution in [2.75, 3.05) is 14.2 Å². The van der Waals surface area contributed by atoms with Crippen molar-refractivity contribution < 1.29 is 14.0 Å². The number of rotatable bonds is 4. The Morgan fingerprint density at radius 2 is 1.70 bits per heavy atom. The van der Waals surface area contributed by atoms with Gasteiger partial charge in [-0.1, -0.05) is 6.07 Å². The maximum atomic E-state index is 11.9. The van der Waals surface area contributed by atoms with E-state index in [-0.39, 0.29) is 5.43 Å². The highest BCUT2D eigenvalue weighted by atomic mass is 16.6. The third kappa shape index (κ3) is 3.02. The van der Waals surface area contributed by atoms with Crippen LogP contribution in [0.2, 0.25) is 0 Å². The van der Waals surface area contributed by atoms with E-state index in [4.69, 9.17) is 14.0 Å².